The molecule has 6 heteroatoms. The highest BCUT2D eigenvalue weighted by Crippen LogP contribution is 2.31. The minimum Gasteiger partial charge on any atom is -0.384 e. The van der Waals surface area contributed by atoms with Crippen molar-refractivity contribution in [3.63, 3.8) is 0 Å². The molecule has 0 saturated carbocycles. The zero-order chi connectivity index (χ0) is 16.2. The summed E-state index contributed by atoms with van der Waals surface area (Å²) < 4.78 is 18.5. The summed E-state index contributed by atoms with van der Waals surface area (Å²) in [7, 11) is 1.61. The van der Waals surface area contributed by atoms with Crippen LogP contribution >= 0.6 is 11.6 Å². The first-order valence-electron chi connectivity index (χ1n) is 7.44. The van der Waals surface area contributed by atoms with Gasteiger partial charge in [0.25, 0.3) is 0 Å². The van der Waals surface area contributed by atoms with Gasteiger partial charge in [-0.15, -0.1) is 0 Å². The van der Waals surface area contributed by atoms with E-state index in [0.717, 1.165) is 31.5 Å². The number of carbonyl (C=O) groups is 1. The molecule has 0 aromatic heterocycles. The van der Waals surface area contributed by atoms with Crippen molar-refractivity contribution >= 4 is 17.5 Å². The number of benzene rings is 1. The van der Waals surface area contributed by atoms with E-state index in [1.807, 2.05) is 6.92 Å². The Balaban J connectivity index is 2.09. The van der Waals surface area contributed by atoms with E-state index < -0.39 is 11.2 Å². The summed E-state index contributed by atoms with van der Waals surface area (Å²) in [5.41, 5.74) is 0.277. The summed E-state index contributed by atoms with van der Waals surface area (Å²) in [4.78, 5) is 12.7. The van der Waals surface area contributed by atoms with Crippen LogP contribution in [0.1, 0.15) is 31.4 Å². The molecule has 1 amide bonds. The summed E-state index contributed by atoms with van der Waals surface area (Å²) in [6.45, 7) is 3.86. The number of rotatable bonds is 5. The van der Waals surface area contributed by atoms with Crippen LogP contribution in [-0.2, 0) is 9.53 Å². The zero-order valence-electron chi connectivity index (χ0n) is 12.9. The summed E-state index contributed by atoms with van der Waals surface area (Å²) in [6, 6.07) is 4.26. The van der Waals surface area contributed by atoms with Crippen LogP contribution in [0.2, 0.25) is 5.02 Å². The van der Waals surface area contributed by atoms with Gasteiger partial charge >= 0.3 is 0 Å². The molecule has 4 nitrogen and oxygen atoms in total. The number of ether oxygens (including phenoxy) is 1. The van der Waals surface area contributed by atoms with E-state index in [0.29, 0.717) is 6.61 Å². The normalized spacial score (nSPS) is 18.7. The first kappa shape index (κ1) is 17.2. The maximum absolute atomic E-state index is 13.2. The first-order valence-corrected chi connectivity index (χ1v) is 7.82. The number of piperidine rings is 1. The number of nitrogens with one attached hydrogen (secondary N) is 2. The molecule has 1 aromatic rings. The Hall–Kier alpha value is -1.17. The molecule has 0 spiro atoms. The van der Waals surface area contributed by atoms with Gasteiger partial charge in [-0.05, 0) is 50.6 Å². The molecule has 1 unspecified atom stereocenters. The van der Waals surface area contributed by atoms with E-state index in [4.69, 9.17) is 16.3 Å². The lowest BCUT2D eigenvalue weighted by Gasteiger charge is -2.36. The minimum atomic E-state index is -0.502. The van der Waals surface area contributed by atoms with Crippen LogP contribution in [0.15, 0.2) is 18.2 Å². The molecule has 0 bridgehead atoms. The molecule has 1 heterocycles. The van der Waals surface area contributed by atoms with Crippen LogP contribution in [-0.4, -0.2) is 32.7 Å². The lowest BCUT2D eigenvalue weighted by atomic mass is 9.78. The van der Waals surface area contributed by atoms with Crippen molar-refractivity contribution in [2.75, 3.05) is 26.8 Å². The van der Waals surface area contributed by atoms with E-state index in [1.165, 1.54) is 6.07 Å². The monoisotopic (exact) mass is 328 g/mol. The molecular weight excluding hydrogens is 307 g/mol. The van der Waals surface area contributed by atoms with Crippen molar-refractivity contribution in [1.82, 2.24) is 10.6 Å². The van der Waals surface area contributed by atoms with Gasteiger partial charge in [0.15, 0.2) is 0 Å². The molecule has 22 heavy (non-hydrogen) atoms. The van der Waals surface area contributed by atoms with Crippen LogP contribution in [0.5, 0.6) is 0 Å². The Kier molecular flexibility index (Phi) is 5.78. The Morgan fingerprint density at radius 2 is 2.18 bits per heavy atom. The van der Waals surface area contributed by atoms with E-state index in [2.05, 4.69) is 10.6 Å². The molecule has 2 rings (SSSR count). The van der Waals surface area contributed by atoms with Gasteiger partial charge in [-0.1, -0.05) is 17.7 Å². The molecule has 1 fully saturated rings. The van der Waals surface area contributed by atoms with Crippen molar-refractivity contribution < 1.29 is 13.9 Å². The molecule has 1 aliphatic rings. The molecule has 122 valence electrons. The van der Waals surface area contributed by atoms with Gasteiger partial charge in [-0.2, -0.15) is 0 Å². The van der Waals surface area contributed by atoms with Gasteiger partial charge in [0, 0.05) is 7.11 Å². The third-order valence-electron chi connectivity index (χ3n) is 4.25. The molecule has 0 radical (unpaired) electrons. The van der Waals surface area contributed by atoms with Crippen molar-refractivity contribution in [3.8, 4) is 0 Å². The fraction of sp³-hybridized carbons (Fsp3) is 0.562. The first-order chi connectivity index (χ1) is 10.5. The molecular formula is C16H22ClFN2O2. The Bertz CT molecular complexity index is 527. The second-order valence-corrected chi connectivity index (χ2v) is 6.24. The van der Waals surface area contributed by atoms with Gasteiger partial charge in [-0.3, -0.25) is 4.79 Å². The van der Waals surface area contributed by atoms with Crippen molar-refractivity contribution in [3.05, 3.63) is 34.6 Å². The van der Waals surface area contributed by atoms with Crippen molar-refractivity contribution in [1.29, 1.82) is 0 Å². The van der Waals surface area contributed by atoms with Crippen LogP contribution in [0.3, 0.4) is 0 Å². The van der Waals surface area contributed by atoms with Crippen molar-refractivity contribution in [2.45, 2.75) is 25.8 Å². The third-order valence-corrected chi connectivity index (χ3v) is 4.54. The Morgan fingerprint density at radius 3 is 2.77 bits per heavy atom. The van der Waals surface area contributed by atoms with Gasteiger partial charge < -0.3 is 15.4 Å². The summed E-state index contributed by atoms with van der Waals surface area (Å²) in [5.74, 6) is -0.484. The maximum Gasteiger partial charge on any atom is 0.229 e. The maximum atomic E-state index is 13.2. The van der Waals surface area contributed by atoms with Crippen LogP contribution in [0.4, 0.5) is 4.39 Å². The smallest absolute Gasteiger partial charge is 0.229 e. The predicted octanol–water partition coefficient (Wildman–Crippen LogP) is 2.67. The number of carbonyl (C=O) groups excluding carboxylic acids is 1. The number of amides is 1. The van der Waals surface area contributed by atoms with E-state index in [1.54, 1.807) is 19.2 Å². The molecule has 0 aliphatic carbocycles. The highest BCUT2D eigenvalue weighted by Gasteiger charge is 2.40. The Labute approximate surface area is 135 Å². The van der Waals surface area contributed by atoms with E-state index in [9.17, 15) is 9.18 Å². The van der Waals surface area contributed by atoms with Gasteiger partial charge in [0.05, 0.1) is 23.1 Å². The van der Waals surface area contributed by atoms with Gasteiger partial charge in [-0.25, -0.2) is 4.39 Å². The summed E-state index contributed by atoms with van der Waals surface area (Å²) >= 11 is 5.80. The molecule has 1 saturated heterocycles. The third kappa shape index (κ3) is 3.77. The number of methoxy groups -OCH3 is 1. The van der Waals surface area contributed by atoms with E-state index in [-0.39, 0.29) is 17.0 Å². The summed E-state index contributed by atoms with van der Waals surface area (Å²) in [5, 5.41) is 6.33. The predicted molar refractivity (Wildman–Crippen MR) is 84.4 cm³/mol. The largest absolute Gasteiger partial charge is 0.384 e. The number of halogens is 2. The lowest BCUT2D eigenvalue weighted by Crippen LogP contribution is -2.50. The van der Waals surface area contributed by atoms with Crippen LogP contribution < -0.4 is 10.6 Å². The van der Waals surface area contributed by atoms with Gasteiger partial charge in [0.1, 0.15) is 5.82 Å². The van der Waals surface area contributed by atoms with Crippen LogP contribution in [0.25, 0.3) is 0 Å². The second kappa shape index (κ2) is 7.40. The molecule has 1 aliphatic heterocycles. The fourth-order valence-corrected chi connectivity index (χ4v) is 3.02. The van der Waals surface area contributed by atoms with E-state index >= 15 is 0 Å². The Morgan fingerprint density at radius 1 is 1.50 bits per heavy atom. The molecule has 1 aromatic carbocycles. The average Bonchev–Trinajstić information content (AvgIpc) is 2.51. The highest BCUT2D eigenvalue weighted by atomic mass is 35.5. The quantitative estimate of drug-likeness (QED) is 0.873. The summed E-state index contributed by atoms with van der Waals surface area (Å²) in [6.07, 6.45) is 1.48. The fourth-order valence-electron chi connectivity index (χ4n) is 2.83. The topological polar surface area (TPSA) is 50.4 Å². The standard InChI is InChI=1S/C16H22ClFN2O2/c1-11(12-3-4-14(18)13(17)9-12)20-15(21)16(10-22-2)5-7-19-8-6-16/h3-4,9,11,19H,5-8,10H2,1-2H3,(H,20,21). The molecule has 1 atom stereocenters. The number of hydrogen-bond acceptors (Lipinski definition) is 3. The van der Waals surface area contributed by atoms with Crippen LogP contribution in [0, 0.1) is 11.2 Å². The highest BCUT2D eigenvalue weighted by molar-refractivity contribution is 6.30. The lowest BCUT2D eigenvalue weighted by molar-refractivity contribution is -0.136. The average molecular weight is 329 g/mol. The molecule has 2 N–H and O–H groups in total. The van der Waals surface area contributed by atoms with Gasteiger partial charge in [0.2, 0.25) is 5.91 Å². The SMILES string of the molecule is COCC1(C(=O)NC(C)c2ccc(F)c(Cl)c2)CCNCC1. The second-order valence-electron chi connectivity index (χ2n) is 5.83. The number of hydrogen-bond donors (Lipinski definition) is 2. The minimum absolute atomic E-state index is 0.0243. The zero-order valence-corrected chi connectivity index (χ0v) is 13.7. The van der Waals surface area contributed by atoms with Crippen molar-refractivity contribution in [2.24, 2.45) is 5.41 Å².